The van der Waals surface area contributed by atoms with Crippen molar-refractivity contribution in [3.8, 4) is 0 Å². The van der Waals surface area contributed by atoms with Crippen molar-refractivity contribution in [1.82, 2.24) is 21.3 Å². The number of hydrogen-bond acceptors (Lipinski definition) is 9. The molecule has 190 valence electrons. The van der Waals surface area contributed by atoms with Gasteiger partial charge in [-0.2, -0.15) is 0 Å². The SMILES string of the molecule is NCCCCC(N)C(=O)NC(CCCCN)C(=O)NCC(=O)NC(CO)C(=O)NCC(=O)O. The van der Waals surface area contributed by atoms with Crippen molar-refractivity contribution >= 4 is 29.6 Å². The molecule has 0 aromatic carbocycles. The van der Waals surface area contributed by atoms with E-state index in [4.69, 9.17) is 22.3 Å². The zero-order valence-electron chi connectivity index (χ0n) is 18.7. The molecule has 33 heavy (non-hydrogen) atoms. The summed E-state index contributed by atoms with van der Waals surface area (Å²) in [5.41, 5.74) is 16.8. The van der Waals surface area contributed by atoms with Gasteiger partial charge in [-0.1, -0.05) is 6.42 Å². The van der Waals surface area contributed by atoms with Crippen LogP contribution in [0.4, 0.5) is 0 Å². The van der Waals surface area contributed by atoms with E-state index in [1.165, 1.54) is 0 Å². The molecule has 0 aromatic heterocycles. The second kappa shape index (κ2) is 17.7. The fourth-order valence-electron chi connectivity index (χ4n) is 2.70. The quantitative estimate of drug-likeness (QED) is 0.0865. The Labute approximate surface area is 192 Å². The van der Waals surface area contributed by atoms with Gasteiger partial charge in [0.1, 0.15) is 18.6 Å². The van der Waals surface area contributed by atoms with Crippen LogP contribution >= 0.6 is 0 Å². The van der Waals surface area contributed by atoms with Crippen LogP contribution in [0.25, 0.3) is 0 Å². The maximum absolute atomic E-state index is 12.5. The Kier molecular flexibility index (Phi) is 16.2. The molecule has 0 bridgehead atoms. The van der Waals surface area contributed by atoms with E-state index in [1.807, 2.05) is 5.32 Å². The van der Waals surface area contributed by atoms with Crippen molar-refractivity contribution < 1.29 is 34.2 Å². The highest BCUT2D eigenvalue weighted by molar-refractivity contribution is 5.93. The number of amides is 4. The number of nitrogens with two attached hydrogens (primary N) is 3. The van der Waals surface area contributed by atoms with Crippen LogP contribution in [0.3, 0.4) is 0 Å². The molecule has 0 saturated carbocycles. The molecule has 0 aliphatic carbocycles. The van der Waals surface area contributed by atoms with Gasteiger partial charge in [0.2, 0.25) is 23.6 Å². The third-order valence-electron chi connectivity index (χ3n) is 4.56. The van der Waals surface area contributed by atoms with Crippen LogP contribution in [0.15, 0.2) is 0 Å². The molecule has 0 rings (SSSR count). The highest BCUT2D eigenvalue weighted by atomic mass is 16.4. The zero-order chi connectivity index (χ0) is 25.2. The minimum atomic E-state index is -1.39. The number of aliphatic hydroxyl groups excluding tert-OH is 1. The Hall–Kier alpha value is -2.81. The smallest absolute Gasteiger partial charge is 0.322 e. The van der Waals surface area contributed by atoms with Crippen molar-refractivity contribution in [2.45, 2.75) is 56.7 Å². The monoisotopic (exact) mass is 475 g/mol. The van der Waals surface area contributed by atoms with E-state index in [0.29, 0.717) is 38.8 Å². The average molecular weight is 476 g/mol. The van der Waals surface area contributed by atoms with Crippen molar-refractivity contribution in [2.75, 3.05) is 32.8 Å². The van der Waals surface area contributed by atoms with Crippen LogP contribution in [0, 0.1) is 0 Å². The van der Waals surface area contributed by atoms with Gasteiger partial charge in [-0.25, -0.2) is 0 Å². The van der Waals surface area contributed by atoms with Gasteiger partial charge in [-0.3, -0.25) is 24.0 Å². The second-order valence-corrected chi connectivity index (χ2v) is 7.37. The maximum Gasteiger partial charge on any atom is 0.322 e. The summed E-state index contributed by atoms with van der Waals surface area (Å²) in [6.45, 7) is -1.09. The summed E-state index contributed by atoms with van der Waals surface area (Å²) in [6, 6.07) is -3.13. The molecule has 0 heterocycles. The van der Waals surface area contributed by atoms with Gasteiger partial charge < -0.3 is 48.7 Å². The predicted molar refractivity (Wildman–Crippen MR) is 118 cm³/mol. The van der Waals surface area contributed by atoms with Gasteiger partial charge in [0.25, 0.3) is 0 Å². The summed E-state index contributed by atoms with van der Waals surface area (Å²) in [6.07, 6.45) is 3.27. The van der Waals surface area contributed by atoms with Gasteiger partial charge >= 0.3 is 5.97 Å². The summed E-state index contributed by atoms with van der Waals surface area (Å²) < 4.78 is 0. The first-order chi connectivity index (χ1) is 15.7. The van der Waals surface area contributed by atoms with Crippen molar-refractivity contribution in [3.05, 3.63) is 0 Å². The standard InChI is InChI=1S/C19H37N7O7/c20-7-3-1-5-12(22)17(31)26-13(6-2-4-8-21)18(32)23-9-15(28)25-14(11-27)19(33)24-10-16(29)30/h12-14,27H,1-11,20-22H2,(H,23,32)(H,24,33)(H,25,28)(H,26,31)(H,29,30). The number of nitrogens with one attached hydrogen (secondary N) is 4. The highest BCUT2D eigenvalue weighted by Gasteiger charge is 2.25. The third kappa shape index (κ3) is 14.1. The van der Waals surface area contributed by atoms with Gasteiger partial charge in [-0.15, -0.1) is 0 Å². The van der Waals surface area contributed by atoms with Crippen LogP contribution < -0.4 is 38.5 Å². The molecule has 0 spiro atoms. The normalized spacial score (nSPS) is 13.3. The Bertz CT molecular complexity index is 648. The molecule has 0 aromatic rings. The first kappa shape index (κ1) is 30.2. The topological polar surface area (TPSA) is 252 Å². The Morgan fingerprint density at radius 3 is 1.82 bits per heavy atom. The lowest BCUT2D eigenvalue weighted by Gasteiger charge is -2.21. The van der Waals surface area contributed by atoms with E-state index in [-0.39, 0.29) is 6.42 Å². The molecule has 0 aliphatic rings. The minimum Gasteiger partial charge on any atom is -0.480 e. The third-order valence-corrected chi connectivity index (χ3v) is 4.56. The number of aliphatic hydroxyl groups is 1. The lowest BCUT2D eigenvalue weighted by Crippen LogP contribution is -2.54. The number of rotatable bonds is 18. The van der Waals surface area contributed by atoms with Crippen molar-refractivity contribution in [3.63, 3.8) is 0 Å². The van der Waals surface area contributed by atoms with Gasteiger partial charge in [0.05, 0.1) is 19.2 Å². The molecule has 0 fully saturated rings. The summed E-state index contributed by atoms with van der Waals surface area (Å²) in [4.78, 5) is 59.2. The fraction of sp³-hybridized carbons (Fsp3) is 0.737. The molecule has 14 nitrogen and oxygen atoms in total. The molecular weight excluding hydrogens is 438 g/mol. The number of hydrogen-bond donors (Lipinski definition) is 9. The average Bonchev–Trinajstić information content (AvgIpc) is 2.78. The van der Waals surface area contributed by atoms with Gasteiger partial charge in [0, 0.05) is 0 Å². The Morgan fingerprint density at radius 2 is 1.27 bits per heavy atom. The van der Waals surface area contributed by atoms with Crippen LogP contribution in [0.5, 0.6) is 0 Å². The van der Waals surface area contributed by atoms with Crippen molar-refractivity contribution in [1.29, 1.82) is 0 Å². The lowest BCUT2D eigenvalue weighted by atomic mass is 10.1. The van der Waals surface area contributed by atoms with E-state index >= 15 is 0 Å². The summed E-state index contributed by atoms with van der Waals surface area (Å²) in [7, 11) is 0. The Balaban J connectivity index is 4.79. The number of carbonyl (C=O) groups excluding carboxylic acids is 4. The first-order valence-corrected chi connectivity index (χ1v) is 10.8. The van der Waals surface area contributed by atoms with Crippen LogP contribution in [-0.4, -0.2) is 90.7 Å². The lowest BCUT2D eigenvalue weighted by molar-refractivity contribution is -0.138. The number of aliphatic carboxylic acids is 1. The van der Waals surface area contributed by atoms with E-state index in [2.05, 4.69) is 16.0 Å². The Morgan fingerprint density at radius 1 is 0.727 bits per heavy atom. The van der Waals surface area contributed by atoms with Crippen LogP contribution in [-0.2, 0) is 24.0 Å². The summed E-state index contributed by atoms with van der Waals surface area (Å²) in [5, 5.41) is 27.0. The summed E-state index contributed by atoms with van der Waals surface area (Å²) in [5.74, 6) is -4.10. The van der Waals surface area contributed by atoms with E-state index in [1.54, 1.807) is 0 Å². The van der Waals surface area contributed by atoms with E-state index in [0.717, 1.165) is 6.42 Å². The van der Waals surface area contributed by atoms with Crippen molar-refractivity contribution in [2.24, 2.45) is 17.2 Å². The molecular formula is C19H37N7O7. The molecule has 0 aliphatic heterocycles. The first-order valence-electron chi connectivity index (χ1n) is 10.8. The number of unbranched alkanes of at least 4 members (excludes halogenated alkanes) is 2. The van der Waals surface area contributed by atoms with Crippen LogP contribution in [0.1, 0.15) is 38.5 Å². The zero-order valence-corrected chi connectivity index (χ0v) is 18.7. The molecule has 14 heteroatoms. The van der Waals surface area contributed by atoms with E-state index < -0.39 is 67.4 Å². The fourth-order valence-corrected chi connectivity index (χ4v) is 2.70. The number of carboxylic acid groups (broad SMARTS) is 1. The van der Waals surface area contributed by atoms with Gasteiger partial charge in [0.15, 0.2) is 0 Å². The number of carbonyl (C=O) groups is 5. The van der Waals surface area contributed by atoms with E-state index in [9.17, 15) is 29.1 Å². The molecule has 0 saturated heterocycles. The molecule has 3 atom stereocenters. The second-order valence-electron chi connectivity index (χ2n) is 7.37. The maximum atomic E-state index is 12.5. The summed E-state index contributed by atoms with van der Waals surface area (Å²) >= 11 is 0. The molecule has 3 unspecified atom stereocenters. The van der Waals surface area contributed by atoms with Gasteiger partial charge in [-0.05, 0) is 45.2 Å². The number of carboxylic acids is 1. The van der Waals surface area contributed by atoms with Crippen LogP contribution in [0.2, 0.25) is 0 Å². The largest absolute Gasteiger partial charge is 0.480 e. The highest BCUT2D eigenvalue weighted by Crippen LogP contribution is 2.04. The minimum absolute atomic E-state index is 0.281. The molecule has 4 amide bonds. The molecule has 0 radical (unpaired) electrons. The molecule has 12 N–H and O–H groups in total. The predicted octanol–water partition coefficient (Wildman–Crippen LogP) is -4.15.